The first-order valence-corrected chi connectivity index (χ1v) is 18.8. The lowest BCUT2D eigenvalue weighted by Gasteiger charge is -2.16. The maximum atomic E-state index is 14.4. The molecule has 6 aromatic rings. The zero-order valence-corrected chi connectivity index (χ0v) is 28.5. The third kappa shape index (κ3) is 4.95. The molecule has 0 bridgehead atoms. The van der Waals surface area contributed by atoms with Crippen molar-refractivity contribution in [2.75, 3.05) is 19.0 Å². The minimum atomic E-state index is -3.95. The van der Waals surface area contributed by atoms with E-state index >= 15 is 0 Å². The van der Waals surface area contributed by atoms with E-state index in [-0.39, 0.29) is 28.7 Å². The van der Waals surface area contributed by atoms with E-state index < -0.39 is 15.8 Å². The van der Waals surface area contributed by atoms with Crippen LogP contribution in [0.4, 0.5) is 10.2 Å². The number of fused-ring (bicyclic) bond motifs is 5. The quantitative estimate of drug-likeness (QED) is 0.179. The van der Waals surface area contributed by atoms with Crippen molar-refractivity contribution in [2.45, 2.75) is 55.5 Å². The summed E-state index contributed by atoms with van der Waals surface area (Å²) < 4.78 is 56.0. The molecule has 2 aromatic carbocycles. The van der Waals surface area contributed by atoms with E-state index in [1.54, 1.807) is 25.4 Å². The van der Waals surface area contributed by atoms with Gasteiger partial charge in [-0.3, -0.25) is 4.98 Å². The molecule has 0 radical (unpaired) electrons. The smallest absolute Gasteiger partial charge is 0.434 e. The molecular formula is C36H31FN6O5S2. The van der Waals surface area contributed by atoms with Crippen LogP contribution in [0.1, 0.15) is 59.4 Å². The molecule has 2 N–H and O–H groups in total. The Morgan fingerprint density at radius 2 is 1.98 bits per heavy atom. The van der Waals surface area contributed by atoms with Crippen molar-refractivity contribution < 1.29 is 22.0 Å². The summed E-state index contributed by atoms with van der Waals surface area (Å²) in [6, 6.07) is 15.8. The van der Waals surface area contributed by atoms with Crippen molar-refractivity contribution in [3.05, 3.63) is 105 Å². The Morgan fingerprint density at radius 1 is 1.12 bits per heavy atom. The number of ether oxygens (including phenoxy) is 1. The molecule has 0 unspecified atom stereocenters. The first-order valence-electron chi connectivity index (χ1n) is 16.5. The van der Waals surface area contributed by atoms with Gasteiger partial charge in [0.2, 0.25) is 10.0 Å². The van der Waals surface area contributed by atoms with E-state index in [2.05, 4.69) is 21.6 Å². The van der Waals surface area contributed by atoms with E-state index in [1.165, 1.54) is 38.9 Å². The Hall–Kier alpha value is -4.92. The first-order chi connectivity index (χ1) is 24.3. The van der Waals surface area contributed by atoms with Gasteiger partial charge in [0.25, 0.3) is 5.89 Å². The van der Waals surface area contributed by atoms with Crippen molar-refractivity contribution >= 4 is 37.3 Å². The van der Waals surface area contributed by atoms with Crippen LogP contribution < -0.4 is 15.8 Å². The topological polar surface area (TPSA) is 143 Å². The molecule has 254 valence electrons. The highest BCUT2D eigenvalue weighted by molar-refractivity contribution is 7.89. The lowest BCUT2D eigenvalue weighted by Crippen LogP contribution is -2.23. The van der Waals surface area contributed by atoms with E-state index in [1.807, 2.05) is 24.3 Å². The van der Waals surface area contributed by atoms with Gasteiger partial charge in [-0.2, -0.15) is 4.31 Å². The van der Waals surface area contributed by atoms with Gasteiger partial charge in [-0.1, -0.05) is 24.3 Å². The number of nitrogens with zero attached hydrogens (tertiary/aromatic N) is 4. The predicted octanol–water partition coefficient (Wildman–Crippen LogP) is 6.57. The normalized spacial score (nSPS) is 19.1. The van der Waals surface area contributed by atoms with Gasteiger partial charge in [0.05, 0.1) is 40.8 Å². The van der Waals surface area contributed by atoms with Gasteiger partial charge in [0, 0.05) is 23.2 Å². The predicted molar refractivity (Wildman–Crippen MR) is 186 cm³/mol. The highest BCUT2D eigenvalue weighted by atomic mass is 32.2. The van der Waals surface area contributed by atoms with Gasteiger partial charge in [-0.05, 0) is 90.9 Å². The highest BCUT2D eigenvalue weighted by Gasteiger charge is 2.49. The second-order valence-electron chi connectivity index (χ2n) is 12.8. The van der Waals surface area contributed by atoms with Crippen molar-refractivity contribution in [1.82, 2.24) is 24.5 Å². The molecule has 0 saturated carbocycles. The fourth-order valence-electron chi connectivity index (χ4n) is 7.76. The summed E-state index contributed by atoms with van der Waals surface area (Å²) in [5.74, 6) is 0.430. The minimum Gasteiger partial charge on any atom is -0.496 e. The number of sulfonamides is 1. The zero-order chi connectivity index (χ0) is 34.1. The Kier molecular flexibility index (Phi) is 7.37. The molecule has 50 heavy (non-hydrogen) atoms. The molecule has 14 heteroatoms. The number of pyridine rings is 2. The molecule has 6 heterocycles. The number of anilines is 1. The number of hydrogen-bond donors (Lipinski definition) is 2. The Balaban J connectivity index is 1.23. The fraction of sp³-hybridized carbons (Fsp3) is 0.278. The summed E-state index contributed by atoms with van der Waals surface area (Å²) >= 11 is 1.42. The number of H-pyrrole nitrogens is 1. The maximum Gasteiger partial charge on any atom is 0.434 e. The number of methoxy groups -OCH3 is 1. The first kappa shape index (κ1) is 31.1. The number of nitrogens with one attached hydrogen (secondary N) is 2. The summed E-state index contributed by atoms with van der Waals surface area (Å²) in [6.45, 7) is 0.401. The fourth-order valence-corrected chi connectivity index (χ4v) is 11.0. The van der Waals surface area contributed by atoms with Gasteiger partial charge >= 0.3 is 5.76 Å². The van der Waals surface area contributed by atoms with E-state index in [4.69, 9.17) is 19.1 Å². The molecule has 3 aliphatic rings. The number of halogens is 1. The second-order valence-corrected chi connectivity index (χ2v) is 15.7. The maximum absolute atomic E-state index is 14.4. The third-order valence-corrected chi connectivity index (χ3v) is 13.2. The van der Waals surface area contributed by atoms with Gasteiger partial charge in [0.1, 0.15) is 22.3 Å². The summed E-state index contributed by atoms with van der Waals surface area (Å²) in [5.41, 5.74) is 5.04. The average Bonchev–Trinajstić information content (AvgIpc) is 3.95. The zero-order valence-electron chi connectivity index (χ0n) is 26.9. The number of hydrogen-bond acceptors (Lipinski definition) is 10. The number of aryl methyl sites for hydroxylation is 2. The van der Waals surface area contributed by atoms with Crippen molar-refractivity contribution in [3.8, 4) is 27.6 Å². The molecule has 9 rings (SSSR count). The lowest BCUT2D eigenvalue weighted by molar-refractivity contribution is 0.410. The van der Waals surface area contributed by atoms with Crippen LogP contribution in [0.5, 0.6) is 5.75 Å². The molecule has 1 saturated heterocycles. The van der Waals surface area contributed by atoms with Crippen LogP contribution in [0.3, 0.4) is 0 Å². The van der Waals surface area contributed by atoms with Crippen LogP contribution >= 0.6 is 11.3 Å². The molecule has 4 aromatic heterocycles. The van der Waals surface area contributed by atoms with Gasteiger partial charge in [-0.15, -0.1) is 16.4 Å². The Morgan fingerprint density at radius 3 is 2.78 bits per heavy atom. The van der Waals surface area contributed by atoms with Crippen LogP contribution in [-0.4, -0.2) is 46.5 Å². The third-order valence-electron chi connectivity index (χ3n) is 9.99. The molecule has 1 aliphatic carbocycles. The summed E-state index contributed by atoms with van der Waals surface area (Å²) in [7, 11) is -2.26. The van der Waals surface area contributed by atoms with E-state index in [0.717, 1.165) is 40.7 Å². The number of aromatic amines is 1. The lowest BCUT2D eigenvalue weighted by atomic mass is 9.96. The van der Waals surface area contributed by atoms with E-state index in [0.29, 0.717) is 59.0 Å². The summed E-state index contributed by atoms with van der Waals surface area (Å²) in [6.07, 6.45) is 5.75. The molecule has 11 nitrogen and oxygen atoms in total. The number of rotatable bonds is 8. The SMILES string of the molecule is COc1cccc2c1CC[C@H]2Nc1nccc2cc(-c3c(-c4n[nH]c(=O)o4)c(CCc4ccc(F)cc4)nc4c3S(=O)(=O)N3CCC[C@H]43)sc12. The van der Waals surface area contributed by atoms with E-state index in [9.17, 15) is 17.6 Å². The molecule has 2 aliphatic heterocycles. The van der Waals surface area contributed by atoms with Crippen LogP contribution in [0.15, 0.2) is 74.9 Å². The number of benzene rings is 2. The number of aromatic nitrogens is 4. The molecule has 0 spiro atoms. The minimum absolute atomic E-state index is 0.0217. The Labute approximate surface area is 290 Å². The van der Waals surface area contributed by atoms with Crippen molar-refractivity contribution in [1.29, 1.82) is 0 Å². The Bertz CT molecular complexity index is 2480. The summed E-state index contributed by atoms with van der Waals surface area (Å²) in [4.78, 5) is 22.9. The summed E-state index contributed by atoms with van der Waals surface area (Å²) in [5, 5.41) is 11.1. The molecule has 2 atom stereocenters. The van der Waals surface area contributed by atoms with Crippen molar-refractivity contribution in [2.24, 2.45) is 0 Å². The molecule has 1 fully saturated rings. The van der Waals surface area contributed by atoms with Crippen LogP contribution in [-0.2, 0) is 29.3 Å². The standard InChI is InChI=1S/C36H31FN6O5S2/c1-47-27-6-2-4-22-23(27)12-14-24(22)40-34-32-20(15-16-38-34)18-28(49-32)30-29(35-41-42-36(44)48-35)25(13-9-19-7-10-21(37)11-8-19)39-31-26-5-3-17-43(26)50(45,46)33(30)31/h2,4,6-8,10-11,15-16,18,24,26H,3,5,9,12-14,17H2,1H3,(H,38,40)(H,42,44)/t24-,26-/m1/s1. The second kappa shape index (κ2) is 11.9. The van der Waals surface area contributed by atoms with Gasteiger partial charge in [-0.25, -0.2) is 27.7 Å². The van der Waals surface area contributed by atoms with Crippen molar-refractivity contribution in [3.63, 3.8) is 0 Å². The largest absolute Gasteiger partial charge is 0.496 e. The monoisotopic (exact) mass is 710 g/mol. The molecule has 0 amide bonds. The highest BCUT2D eigenvalue weighted by Crippen LogP contribution is 2.53. The van der Waals surface area contributed by atoms with Gasteiger partial charge < -0.3 is 14.5 Å². The average molecular weight is 711 g/mol. The molecular weight excluding hydrogens is 680 g/mol. The van der Waals surface area contributed by atoms with Crippen LogP contribution in [0, 0.1) is 5.82 Å². The number of thiophene rings is 1. The van der Waals surface area contributed by atoms with Crippen LogP contribution in [0.2, 0.25) is 0 Å². The van der Waals surface area contributed by atoms with Gasteiger partial charge in [0.15, 0.2) is 0 Å². The van der Waals surface area contributed by atoms with Crippen LogP contribution in [0.25, 0.3) is 32.0 Å².